The first-order chi connectivity index (χ1) is 14.1. The predicted octanol–water partition coefficient (Wildman–Crippen LogP) is 4.96. The Morgan fingerprint density at radius 1 is 1.14 bits per heavy atom. The third kappa shape index (κ3) is 5.67. The summed E-state index contributed by atoms with van der Waals surface area (Å²) in [6, 6.07) is 16.1. The summed E-state index contributed by atoms with van der Waals surface area (Å²) in [7, 11) is 0. The normalized spacial score (nSPS) is 12.0. The van der Waals surface area contributed by atoms with Crippen LogP contribution in [0.25, 0.3) is 11.4 Å². The second kappa shape index (κ2) is 10.2. The van der Waals surface area contributed by atoms with Crippen LogP contribution in [-0.2, 0) is 16.1 Å². The number of aromatic nitrogens is 3. The Morgan fingerprint density at radius 2 is 1.86 bits per heavy atom. The number of ether oxygens (including phenoxy) is 1. The minimum atomic E-state index is -0.411. The van der Waals surface area contributed by atoms with Gasteiger partial charge in [0.05, 0.1) is 13.2 Å². The van der Waals surface area contributed by atoms with E-state index < -0.39 is 5.25 Å². The van der Waals surface area contributed by atoms with Crippen molar-refractivity contribution in [1.82, 2.24) is 14.8 Å². The average molecular weight is 414 g/mol. The van der Waals surface area contributed by atoms with Crippen molar-refractivity contribution in [3.63, 3.8) is 0 Å². The van der Waals surface area contributed by atoms with Gasteiger partial charge in [0, 0.05) is 5.56 Å². The van der Waals surface area contributed by atoms with Gasteiger partial charge in [-0.25, -0.2) is 4.39 Å². The van der Waals surface area contributed by atoms with Crippen molar-refractivity contribution in [2.75, 3.05) is 6.61 Å². The summed E-state index contributed by atoms with van der Waals surface area (Å²) >= 11 is 1.31. The number of esters is 1. The lowest BCUT2D eigenvalue weighted by molar-refractivity contribution is -0.142. The van der Waals surface area contributed by atoms with E-state index in [0.29, 0.717) is 24.1 Å². The van der Waals surface area contributed by atoms with Gasteiger partial charge in [-0.2, -0.15) is 0 Å². The van der Waals surface area contributed by atoms with Gasteiger partial charge in [0.15, 0.2) is 11.0 Å². The molecule has 0 saturated heterocycles. The smallest absolute Gasteiger partial charge is 0.319 e. The Kier molecular flexibility index (Phi) is 7.41. The van der Waals surface area contributed by atoms with E-state index >= 15 is 0 Å². The lowest BCUT2D eigenvalue weighted by atomic mass is 10.2. The average Bonchev–Trinajstić information content (AvgIpc) is 3.11. The first-order valence-corrected chi connectivity index (χ1v) is 10.5. The van der Waals surface area contributed by atoms with Crippen molar-refractivity contribution in [3.05, 3.63) is 66.0 Å². The van der Waals surface area contributed by atoms with Gasteiger partial charge in [-0.3, -0.25) is 9.36 Å². The van der Waals surface area contributed by atoms with Gasteiger partial charge in [-0.05, 0) is 43.2 Å². The van der Waals surface area contributed by atoms with E-state index in [2.05, 4.69) is 17.1 Å². The summed E-state index contributed by atoms with van der Waals surface area (Å²) in [6.07, 6.45) is 1.82. The summed E-state index contributed by atoms with van der Waals surface area (Å²) in [5.41, 5.74) is 1.84. The quantitative estimate of drug-likeness (QED) is 0.282. The fourth-order valence-electron chi connectivity index (χ4n) is 2.74. The van der Waals surface area contributed by atoms with Crippen LogP contribution < -0.4 is 0 Å². The van der Waals surface area contributed by atoms with Crippen LogP contribution in [0.4, 0.5) is 4.39 Å². The monoisotopic (exact) mass is 413 g/mol. The zero-order valence-electron chi connectivity index (χ0n) is 16.5. The molecule has 5 nitrogen and oxygen atoms in total. The lowest BCUT2D eigenvalue weighted by Crippen LogP contribution is -2.18. The van der Waals surface area contributed by atoms with Crippen molar-refractivity contribution in [2.45, 2.75) is 43.6 Å². The fraction of sp³-hybridized carbons (Fsp3) is 0.318. The zero-order valence-corrected chi connectivity index (χ0v) is 17.4. The van der Waals surface area contributed by atoms with E-state index in [1.54, 1.807) is 19.1 Å². The van der Waals surface area contributed by atoms with Crippen molar-refractivity contribution >= 4 is 17.7 Å². The molecule has 1 heterocycles. The van der Waals surface area contributed by atoms with E-state index in [1.165, 1.54) is 23.9 Å². The van der Waals surface area contributed by atoms with Crippen molar-refractivity contribution in [1.29, 1.82) is 0 Å². The highest BCUT2D eigenvalue weighted by Gasteiger charge is 2.22. The molecule has 29 heavy (non-hydrogen) atoms. The molecule has 0 fully saturated rings. The number of carbonyl (C=O) groups excluding carboxylic acids is 1. The van der Waals surface area contributed by atoms with Gasteiger partial charge >= 0.3 is 5.97 Å². The molecule has 1 aromatic heterocycles. The van der Waals surface area contributed by atoms with Gasteiger partial charge in [-0.1, -0.05) is 55.4 Å². The summed E-state index contributed by atoms with van der Waals surface area (Å²) < 4.78 is 20.6. The van der Waals surface area contributed by atoms with Crippen molar-refractivity contribution in [2.24, 2.45) is 0 Å². The molecule has 0 aliphatic rings. The largest absolute Gasteiger partial charge is 0.465 e. The Hall–Kier alpha value is -2.67. The second-order valence-corrected chi connectivity index (χ2v) is 7.97. The van der Waals surface area contributed by atoms with E-state index in [9.17, 15) is 9.18 Å². The Bertz CT molecular complexity index is 929. The van der Waals surface area contributed by atoms with Crippen molar-refractivity contribution < 1.29 is 13.9 Å². The molecule has 0 aliphatic carbocycles. The number of nitrogens with zero attached hydrogens (tertiary/aromatic N) is 3. The third-order valence-electron chi connectivity index (χ3n) is 4.36. The molecule has 3 rings (SSSR count). The number of thioether (sulfide) groups is 1. The molecule has 0 spiro atoms. The Balaban J connectivity index is 1.86. The van der Waals surface area contributed by atoms with Crippen LogP contribution in [0.2, 0.25) is 0 Å². The summed E-state index contributed by atoms with van der Waals surface area (Å²) in [6.45, 7) is 4.82. The van der Waals surface area contributed by atoms with Crippen molar-refractivity contribution in [3.8, 4) is 11.4 Å². The molecule has 0 N–H and O–H groups in total. The molecule has 1 atom stereocenters. The van der Waals surface area contributed by atoms with Crippen LogP contribution in [0.5, 0.6) is 0 Å². The first-order valence-electron chi connectivity index (χ1n) is 9.65. The van der Waals surface area contributed by atoms with Crippen LogP contribution in [-0.4, -0.2) is 32.6 Å². The minimum absolute atomic E-state index is 0.263. The predicted molar refractivity (Wildman–Crippen MR) is 112 cm³/mol. The maximum atomic E-state index is 13.3. The Morgan fingerprint density at radius 3 is 2.55 bits per heavy atom. The molecule has 7 heteroatoms. The van der Waals surface area contributed by atoms with E-state index in [-0.39, 0.29) is 11.8 Å². The maximum Gasteiger partial charge on any atom is 0.319 e. The summed E-state index contributed by atoms with van der Waals surface area (Å²) in [5, 5.41) is 8.83. The number of unbranched alkanes of at least 4 members (excludes halogenated alkanes) is 1. The topological polar surface area (TPSA) is 57.0 Å². The number of rotatable bonds is 9. The SMILES string of the molecule is CCCCOC(=O)C(C)Sc1nnc(-c2ccc(F)cc2)n1Cc1ccccc1. The first kappa shape index (κ1) is 21.0. The van der Waals surface area contributed by atoms with E-state index in [4.69, 9.17) is 4.74 Å². The molecular formula is C22H24FN3O2S. The summed E-state index contributed by atoms with van der Waals surface area (Å²) in [4.78, 5) is 12.3. The van der Waals surface area contributed by atoms with Crippen LogP contribution in [0.15, 0.2) is 59.8 Å². The molecular weight excluding hydrogens is 389 g/mol. The molecule has 2 aromatic carbocycles. The fourth-order valence-corrected chi connectivity index (χ4v) is 3.58. The molecule has 0 amide bonds. The molecule has 0 aliphatic heterocycles. The number of benzene rings is 2. The number of carbonyl (C=O) groups is 1. The third-order valence-corrected chi connectivity index (χ3v) is 5.42. The minimum Gasteiger partial charge on any atom is -0.465 e. The van der Waals surface area contributed by atoms with Crippen LogP contribution >= 0.6 is 11.8 Å². The number of hydrogen-bond acceptors (Lipinski definition) is 5. The number of halogens is 1. The summed E-state index contributed by atoms with van der Waals surface area (Å²) in [5.74, 6) is 0.0601. The van der Waals surface area contributed by atoms with Crippen LogP contribution in [0, 0.1) is 5.82 Å². The highest BCUT2D eigenvalue weighted by molar-refractivity contribution is 8.00. The van der Waals surface area contributed by atoms with E-state index in [1.807, 2.05) is 34.9 Å². The van der Waals surface area contributed by atoms with Gasteiger partial charge in [0.2, 0.25) is 0 Å². The molecule has 0 saturated carbocycles. The highest BCUT2D eigenvalue weighted by Crippen LogP contribution is 2.28. The second-order valence-electron chi connectivity index (χ2n) is 6.67. The Labute approximate surface area is 174 Å². The van der Waals surface area contributed by atoms with Gasteiger partial charge in [0.25, 0.3) is 0 Å². The molecule has 3 aromatic rings. The molecule has 152 valence electrons. The lowest BCUT2D eigenvalue weighted by Gasteiger charge is -2.13. The van der Waals surface area contributed by atoms with Crippen LogP contribution in [0.3, 0.4) is 0 Å². The van der Waals surface area contributed by atoms with Gasteiger partial charge in [0.1, 0.15) is 11.1 Å². The van der Waals surface area contributed by atoms with E-state index in [0.717, 1.165) is 24.0 Å². The standard InChI is InChI=1S/C22H24FN3O2S/c1-3-4-14-28-21(27)16(2)29-22-25-24-20(18-10-12-19(23)13-11-18)26(22)15-17-8-6-5-7-9-17/h5-13,16H,3-4,14-15H2,1-2H3. The molecule has 0 radical (unpaired) electrons. The van der Waals surface area contributed by atoms with Gasteiger partial charge < -0.3 is 4.74 Å². The van der Waals surface area contributed by atoms with Gasteiger partial charge in [-0.15, -0.1) is 10.2 Å². The maximum absolute atomic E-state index is 13.3. The van der Waals surface area contributed by atoms with Crippen LogP contribution in [0.1, 0.15) is 32.3 Å². The zero-order chi connectivity index (χ0) is 20.6. The number of hydrogen-bond donors (Lipinski definition) is 0. The molecule has 0 bridgehead atoms. The molecule has 1 unspecified atom stereocenters. The highest BCUT2D eigenvalue weighted by atomic mass is 32.2.